The number of benzene rings is 2. The molecule has 8 heteroatoms. The number of para-hydroxylation sites is 1. The summed E-state index contributed by atoms with van der Waals surface area (Å²) in [6, 6.07) is 15.0. The van der Waals surface area contributed by atoms with Crippen LogP contribution in [0.25, 0.3) is 16.7 Å². The number of carbonyl (C=O) groups excluding carboxylic acids is 1. The fraction of sp³-hybridized carbons (Fsp3) is 0.296. The monoisotopic (exact) mass is 474 g/mol. The third-order valence-corrected chi connectivity index (χ3v) is 5.37. The molecule has 4 aromatic rings. The van der Waals surface area contributed by atoms with E-state index in [1.54, 1.807) is 16.8 Å². The maximum absolute atomic E-state index is 13.3. The Labute approximate surface area is 204 Å². The van der Waals surface area contributed by atoms with Crippen molar-refractivity contribution in [3.05, 3.63) is 65.4 Å². The van der Waals surface area contributed by atoms with Gasteiger partial charge in [-0.05, 0) is 64.4 Å². The summed E-state index contributed by atoms with van der Waals surface area (Å²) in [4.78, 5) is 18.1. The fourth-order valence-electron chi connectivity index (χ4n) is 3.91. The van der Waals surface area contributed by atoms with E-state index in [1.807, 2.05) is 71.0 Å². The average Bonchev–Trinajstić information content (AvgIpc) is 3.21. The molecule has 0 aliphatic rings. The number of aromatic nitrogens is 3. The molecule has 0 fully saturated rings. The number of fused-ring (bicyclic) bond motifs is 1. The van der Waals surface area contributed by atoms with E-state index in [1.165, 1.54) is 0 Å². The minimum absolute atomic E-state index is 0.325. The van der Waals surface area contributed by atoms with Crippen molar-refractivity contribution in [3.8, 4) is 23.1 Å². The SMILES string of the molecule is CCOc1cc(C(=O)Nc2cc(C)nn2-c2cc(C)c3ccccc3n2)cc(OCC)c1OCC. The second-order valence-corrected chi connectivity index (χ2v) is 7.95. The van der Waals surface area contributed by atoms with Crippen LogP contribution in [-0.4, -0.2) is 40.5 Å². The maximum atomic E-state index is 13.3. The highest BCUT2D eigenvalue weighted by atomic mass is 16.5. The first-order chi connectivity index (χ1) is 16.9. The van der Waals surface area contributed by atoms with E-state index in [-0.39, 0.29) is 5.91 Å². The minimum Gasteiger partial charge on any atom is -0.490 e. The molecule has 8 nitrogen and oxygen atoms in total. The molecule has 0 spiro atoms. The topological polar surface area (TPSA) is 87.5 Å². The molecule has 0 bridgehead atoms. The van der Waals surface area contributed by atoms with Crippen molar-refractivity contribution in [1.29, 1.82) is 0 Å². The molecule has 4 rings (SSSR count). The highest BCUT2D eigenvalue weighted by Gasteiger charge is 2.20. The van der Waals surface area contributed by atoms with Gasteiger partial charge in [0, 0.05) is 17.0 Å². The van der Waals surface area contributed by atoms with Gasteiger partial charge in [0.1, 0.15) is 5.82 Å². The first kappa shape index (κ1) is 24.1. The van der Waals surface area contributed by atoms with Gasteiger partial charge >= 0.3 is 0 Å². The number of nitrogens with zero attached hydrogens (tertiary/aromatic N) is 3. The van der Waals surface area contributed by atoms with Crippen molar-refractivity contribution in [2.45, 2.75) is 34.6 Å². The van der Waals surface area contributed by atoms with Crippen LogP contribution in [0.2, 0.25) is 0 Å². The molecule has 0 unspecified atom stereocenters. The Bertz CT molecular complexity index is 1340. The van der Waals surface area contributed by atoms with Crippen LogP contribution in [-0.2, 0) is 0 Å². The summed E-state index contributed by atoms with van der Waals surface area (Å²) in [5, 5.41) is 8.63. The number of aryl methyl sites for hydroxylation is 2. The molecular formula is C27H30N4O4. The van der Waals surface area contributed by atoms with Gasteiger partial charge in [0.2, 0.25) is 5.75 Å². The average molecular weight is 475 g/mol. The van der Waals surface area contributed by atoms with E-state index >= 15 is 0 Å². The molecule has 2 aromatic heterocycles. The van der Waals surface area contributed by atoms with Crippen LogP contribution in [0.3, 0.4) is 0 Å². The van der Waals surface area contributed by atoms with Crippen molar-refractivity contribution < 1.29 is 19.0 Å². The van der Waals surface area contributed by atoms with E-state index < -0.39 is 0 Å². The first-order valence-corrected chi connectivity index (χ1v) is 11.8. The second kappa shape index (κ2) is 10.5. The molecule has 0 aliphatic heterocycles. The summed E-state index contributed by atoms with van der Waals surface area (Å²) in [7, 11) is 0. The molecule has 0 radical (unpaired) electrons. The molecule has 0 saturated heterocycles. The summed E-state index contributed by atoms with van der Waals surface area (Å²) in [6.45, 7) is 10.8. The molecule has 2 heterocycles. The highest BCUT2D eigenvalue weighted by Crippen LogP contribution is 2.39. The van der Waals surface area contributed by atoms with Gasteiger partial charge < -0.3 is 19.5 Å². The van der Waals surface area contributed by atoms with Crippen molar-refractivity contribution in [2.75, 3.05) is 25.1 Å². The molecule has 2 aromatic carbocycles. The second-order valence-electron chi connectivity index (χ2n) is 7.95. The van der Waals surface area contributed by atoms with Crippen molar-refractivity contribution >= 4 is 22.6 Å². The Balaban J connectivity index is 1.71. The minimum atomic E-state index is -0.325. The van der Waals surface area contributed by atoms with Crippen LogP contribution in [0.5, 0.6) is 17.2 Å². The van der Waals surface area contributed by atoms with Gasteiger partial charge in [-0.2, -0.15) is 9.78 Å². The van der Waals surface area contributed by atoms with E-state index in [4.69, 9.17) is 19.2 Å². The van der Waals surface area contributed by atoms with Crippen molar-refractivity contribution in [2.24, 2.45) is 0 Å². The summed E-state index contributed by atoms with van der Waals surface area (Å²) in [6.07, 6.45) is 0. The number of hydrogen-bond acceptors (Lipinski definition) is 6. The zero-order valence-corrected chi connectivity index (χ0v) is 20.7. The lowest BCUT2D eigenvalue weighted by Crippen LogP contribution is -2.16. The molecular weight excluding hydrogens is 444 g/mol. The number of anilines is 1. The largest absolute Gasteiger partial charge is 0.490 e. The molecule has 1 amide bonds. The molecule has 35 heavy (non-hydrogen) atoms. The fourth-order valence-corrected chi connectivity index (χ4v) is 3.91. The van der Waals surface area contributed by atoms with Gasteiger partial charge in [-0.3, -0.25) is 4.79 Å². The Kier molecular flexibility index (Phi) is 7.19. The number of amides is 1. The maximum Gasteiger partial charge on any atom is 0.257 e. The quantitative estimate of drug-likeness (QED) is 0.345. The van der Waals surface area contributed by atoms with Crippen LogP contribution in [0.1, 0.15) is 42.4 Å². The van der Waals surface area contributed by atoms with Gasteiger partial charge in [-0.1, -0.05) is 18.2 Å². The summed E-state index contributed by atoms with van der Waals surface area (Å²) < 4.78 is 18.9. The smallest absolute Gasteiger partial charge is 0.257 e. The van der Waals surface area contributed by atoms with Gasteiger partial charge in [-0.15, -0.1) is 0 Å². The zero-order chi connectivity index (χ0) is 24.9. The van der Waals surface area contributed by atoms with Crippen LogP contribution >= 0.6 is 0 Å². The Hall–Kier alpha value is -4.07. The zero-order valence-electron chi connectivity index (χ0n) is 20.7. The summed E-state index contributed by atoms with van der Waals surface area (Å²) in [5.74, 6) is 2.22. The number of pyridine rings is 1. The third-order valence-electron chi connectivity index (χ3n) is 5.37. The molecule has 182 valence electrons. The normalized spacial score (nSPS) is 10.9. The van der Waals surface area contributed by atoms with E-state index in [2.05, 4.69) is 10.4 Å². The lowest BCUT2D eigenvalue weighted by atomic mass is 10.1. The number of hydrogen-bond donors (Lipinski definition) is 1. The molecule has 1 N–H and O–H groups in total. The third kappa shape index (κ3) is 5.06. The summed E-state index contributed by atoms with van der Waals surface area (Å²) in [5.41, 5.74) is 3.07. The van der Waals surface area contributed by atoms with Gasteiger partial charge in [-0.25, -0.2) is 4.98 Å². The van der Waals surface area contributed by atoms with Gasteiger partial charge in [0.05, 0.1) is 31.0 Å². The van der Waals surface area contributed by atoms with E-state index in [0.717, 1.165) is 22.2 Å². The number of rotatable bonds is 9. The number of carbonyl (C=O) groups is 1. The van der Waals surface area contributed by atoms with Crippen LogP contribution in [0, 0.1) is 13.8 Å². The van der Waals surface area contributed by atoms with Crippen LogP contribution in [0.4, 0.5) is 5.82 Å². The predicted molar refractivity (Wildman–Crippen MR) is 136 cm³/mol. The Morgan fingerprint density at radius 2 is 1.57 bits per heavy atom. The van der Waals surface area contributed by atoms with Gasteiger partial charge in [0.25, 0.3) is 5.91 Å². The lowest BCUT2D eigenvalue weighted by Gasteiger charge is -2.17. The van der Waals surface area contributed by atoms with Crippen molar-refractivity contribution in [1.82, 2.24) is 14.8 Å². The highest BCUT2D eigenvalue weighted by molar-refractivity contribution is 6.05. The number of ether oxygens (including phenoxy) is 3. The molecule has 0 atom stereocenters. The predicted octanol–water partition coefficient (Wildman–Crippen LogP) is 5.49. The lowest BCUT2D eigenvalue weighted by molar-refractivity contribution is 0.102. The van der Waals surface area contributed by atoms with Gasteiger partial charge in [0.15, 0.2) is 17.3 Å². The van der Waals surface area contributed by atoms with Crippen LogP contribution < -0.4 is 19.5 Å². The standard InChI is InChI=1S/C27H30N4O4/c1-6-33-22-15-19(16-23(34-7-2)26(22)35-8-3)27(32)29-25-14-18(5)30-31(25)24-13-17(4)20-11-9-10-12-21(20)28-24/h9-16H,6-8H2,1-5H3,(H,29,32). The Morgan fingerprint density at radius 3 is 2.23 bits per heavy atom. The molecule has 0 saturated carbocycles. The van der Waals surface area contributed by atoms with E-state index in [9.17, 15) is 4.79 Å². The Morgan fingerprint density at radius 1 is 0.914 bits per heavy atom. The van der Waals surface area contributed by atoms with Crippen LogP contribution in [0.15, 0.2) is 48.5 Å². The molecule has 0 aliphatic carbocycles. The van der Waals surface area contributed by atoms with E-state index in [0.29, 0.717) is 54.3 Å². The van der Waals surface area contributed by atoms with Crippen molar-refractivity contribution in [3.63, 3.8) is 0 Å². The first-order valence-electron chi connectivity index (χ1n) is 11.8. The summed E-state index contributed by atoms with van der Waals surface area (Å²) >= 11 is 0. The number of nitrogens with one attached hydrogen (secondary N) is 1.